The molecule has 28 heavy (non-hydrogen) atoms. The highest BCUT2D eigenvalue weighted by Gasteiger charge is 2.29. The molecule has 1 N–H and O–H groups in total. The van der Waals surface area contributed by atoms with Crippen LogP contribution in [0.2, 0.25) is 0 Å². The molecule has 0 aliphatic carbocycles. The van der Waals surface area contributed by atoms with Crippen LogP contribution in [0.5, 0.6) is 0 Å². The summed E-state index contributed by atoms with van der Waals surface area (Å²) in [5, 5.41) is 4.94. The Morgan fingerprint density at radius 1 is 1.25 bits per heavy atom. The van der Waals surface area contributed by atoms with E-state index in [1.165, 1.54) is 4.57 Å². The number of nitrogens with one attached hydrogen (secondary N) is 1. The van der Waals surface area contributed by atoms with Gasteiger partial charge in [0.15, 0.2) is 5.82 Å². The van der Waals surface area contributed by atoms with Gasteiger partial charge in [0.05, 0.1) is 16.9 Å². The van der Waals surface area contributed by atoms with Crippen molar-refractivity contribution in [1.29, 1.82) is 0 Å². The zero-order valence-corrected chi connectivity index (χ0v) is 18.2. The molecule has 150 valence electrons. The summed E-state index contributed by atoms with van der Waals surface area (Å²) in [5.74, 6) is 0.507. The van der Waals surface area contributed by atoms with Crippen LogP contribution in [0.4, 0.5) is 0 Å². The molecule has 1 aromatic carbocycles. The van der Waals surface area contributed by atoms with Crippen molar-refractivity contribution in [3.63, 3.8) is 0 Å². The summed E-state index contributed by atoms with van der Waals surface area (Å²) in [6.45, 7) is 9.65. The first-order valence-corrected chi connectivity index (χ1v) is 10.3. The van der Waals surface area contributed by atoms with Crippen LogP contribution < -0.4 is 10.3 Å². The van der Waals surface area contributed by atoms with Gasteiger partial charge >= 0.3 is 0 Å². The molecule has 0 saturated carbocycles. The Morgan fingerprint density at radius 2 is 1.93 bits per heavy atom. The van der Waals surface area contributed by atoms with Crippen molar-refractivity contribution in [1.82, 2.24) is 24.1 Å². The predicted octanol–water partition coefficient (Wildman–Crippen LogP) is 2.76. The van der Waals surface area contributed by atoms with Crippen LogP contribution in [-0.4, -0.2) is 28.6 Å². The van der Waals surface area contributed by atoms with E-state index >= 15 is 0 Å². The first-order chi connectivity index (χ1) is 13.0. The van der Waals surface area contributed by atoms with Gasteiger partial charge in [0.2, 0.25) is 0 Å². The average molecular weight is 402 g/mol. The predicted molar refractivity (Wildman–Crippen MR) is 113 cm³/mol. The molecule has 0 unspecified atom stereocenters. The van der Waals surface area contributed by atoms with Gasteiger partial charge in [-0.05, 0) is 52.3 Å². The minimum absolute atomic E-state index is 0.125. The van der Waals surface area contributed by atoms with Crippen LogP contribution in [0.15, 0.2) is 29.2 Å². The third kappa shape index (κ3) is 3.85. The Morgan fingerprint density at radius 3 is 2.50 bits per heavy atom. The summed E-state index contributed by atoms with van der Waals surface area (Å²) in [6.07, 6.45) is 1.82. The number of benzene rings is 1. The highest BCUT2D eigenvalue weighted by molar-refractivity contribution is 7.90. The maximum atomic E-state index is 13.0. The molecule has 0 saturated heterocycles. The van der Waals surface area contributed by atoms with Gasteiger partial charge in [-0.3, -0.25) is 14.0 Å². The lowest BCUT2D eigenvalue weighted by molar-refractivity contribution is 0.531. The summed E-state index contributed by atoms with van der Waals surface area (Å²) in [7, 11) is 3.53. The summed E-state index contributed by atoms with van der Waals surface area (Å²) in [6, 6.07) is 5.44. The standard InChI is InChI=1S/C20H27N5O2S/c1-12-10-14(13(2)23-28(27)20(3,4)5)17-15(11-12)19(26)25(7)18(21-17)16-8-9-24(6)22-16/h8-11,13,23H,1-7H3/t13-,28-/m1/s1. The minimum Gasteiger partial charge on any atom is -0.598 e. The Labute approximate surface area is 168 Å². The summed E-state index contributed by atoms with van der Waals surface area (Å²) < 4.78 is 18.6. The maximum Gasteiger partial charge on any atom is 0.261 e. The third-order valence-corrected chi connectivity index (χ3v) is 6.28. The van der Waals surface area contributed by atoms with Crippen LogP contribution in [0, 0.1) is 6.92 Å². The fourth-order valence-corrected chi connectivity index (χ4v) is 3.85. The minimum atomic E-state index is -1.24. The van der Waals surface area contributed by atoms with Gasteiger partial charge in [0.25, 0.3) is 5.56 Å². The van der Waals surface area contributed by atoms with Crippen molar-refractivity contribution in [2.75, 3.05) is 0 Å². The normalized spacial score (nSPS) is 14.4. The lowest BCUT2D eigenvalue weighted by Crippen LogP contribution is -2.40. The second-order valence-corrected chi connectivity index (χ2v) is 10.1. The van der Waals surface area contributed by atoms with E-state index in [-0.39, 0.29) is 11.6 Å². The van der Waals surface area contributed by atoms with Crippen molar-refractivity contribution < 1.29 is 4.55 Å². The molecule has 0 bridgehead atoms. The van der Waals surface area contributed by atoms with Crippen molar-refractivity contribution in [3.8, 4) is 11.5 Å². The molecule has 2 atom stereocenters. The molecule has 0 aliphatic heterocycles. The highest BCUT2D eigenvalue weighted by atomic mass is 32.2. The van der Waals surface area contributed by atoms with Crippen LogP contribution in [-0.2, 0) is 25.5 Å². The lowest BCUT2D eigenvalue weighted by atomic mass is 10.0. The maximum absolute atomic E-state index is 13.0. The summed E-state index contributed by atoms with van der Waals surface area (Å²) in [5.41, 5.74) is 2.93. The fourth-order valence-electron chi connectivity index (χ4n) is 3.05. The molecule has 0 amide bonds. The number of rotatable bonds is 4. The number of fused-ring (bicyclic) bond motifs is 1. The average Bonchev–Trinajstić information content (AvgIpc) is 3.03. The third-order valence-electron chi connectivity index (χ3n) is 4.60. The second kappa shape index (κ2) is 7.35. The lowest BCUT2D eigenvalue weighted by Gasteiger charge is -2.27. The number of aryl methyl sites for hydroxylation is 2. The van der Waals surface area contributed by atoms with Crippen molar-refractivity contribution in [2.24, 2.45) is 14.1 Å². The SMILES string of the molecule is Cc1cc([C@@H](C)N[S@+]([O-])C(C)(C)C)c2nc(-c3ccn(C)n3)n(C)c(=O)c2c1. The van der Waals surface area contributed by atoms with Crippen LogP contribution in [0.1, 0.15) is 44.9 Å². The van der Waals surface area contributed by atoms with Crippen LogP contribution in [0.25, 0.3) is 22.4 Å². The molecule has 7 nitrogen and oxygen atoms in total. The Hall–Kier alpha value is -2.16. The molecule has 0 fully saturated rings. The zero-order chi connectivity index (χ0) is 20.8. The largest absolute Gasteiger partial charge is 0.598 e. The van der Waals surface area contributed by atoms with Gasteiger partial charge in [0.1, 0.15) is 10.4 Å². The van der Waals surface area contributed by atoms with E-state index in [0.29, 0.717) is 22.4 Å². The Kier molecular flexibility index (Phi) is 5.40. The molecular weight excluding hydrogens is 374 g/mol. The van der Waals surface area contributed by atoms with Crippen molar-refractivity contribution in [2.45, 2.75) is 45.4 Å². The van der Waals surface area contributed by atoms with Gasteiger partial charge in [-0.25, -0.2) is 4.98 Å². The Balaban J connectivity index is 2.20. The molecule has 3 aromatic rings. The van der Waals surface area contributed by atoms with Gasteiger partial charge in [0, 0.05) is 37.2 Å². The van der Waals surface area contributed by atoms with Crippen molar-refractivity contribution in [3.05, 3.63) is 45.9 Å². The van der Waals surface area contributed by atoms with E-state index in [2.05, 4.69) is 9.82 Å². The molecular formula is C20H27N5O2S. The van der Waals surface area contributed by atoms with E-state index in [1.807, 2.05) is 66.1 Å². The zero-order valence-electron chi connectivity index (χ0n) is 17.4. The summed E-state index contributed by atoms with van der Waals surface area (Å²) >= 11 is -1.24. The van der Waals surface area contributed by atoms with E-state index < -0.39 is 16.1 Å². The molecule has 2 heterocycles. The van der Waals surface area contributed by atoms with E-state index in [9.17, 15) is 9.35 Å². The smallest absolute Gasteiger partial charge is 0.261 e. The van der Waals surface area contributed by atoms with Gasteiger partial charge < -0.3 is 4.55 Å². The molecule has 0 radical (unpaired) electrons. The summed E-state index contributed by atoms with van der Waals surface area (Å²) in [4.78, 5) is 17.8. The molecule has 8 heteroatoms. The first-order valence-electron chi connectivity index (χ1n) is 9.18. The number of hydrogen-bond donors (Lipinski definition) is 1. The number of nitrogens with zero attached hydrogens (tertiary/aromatic N) is 4. The molecule has 0 aliphatic rings. The molecule has 0 spiro atoms. The first kappa shape index (κ1) is 20.6. The van der Waals surface area contributed by atoms with E-state index in [4.69, 9.17) is 4.98 Å². The quantitative estimate of drug-likeness (QED) is 0.679. The monoisotopic (exact) mass is 401 g/mol. The Bertz CT molecular complexity index is 1080. The number of aromatic nitrogens is 4. The van der Waals surface area contributed by atoms with Crippen molar-refractivity contribution >= 4 is 22.3 Å². The topological polar surface area (TPSA) is 87.8 Å². The van der Waals surface area contributed by atoms with E-state index in [1.54, 1.807) is 11.7 Å². The number of hydrogen-bond acceptors (Lipinski definition) is 5. The van der Waals surface area contributed by atoms with Gasteiger partial charge in [-0.15, -0.1) is 4.72 Å². The van der Waals surface area contributed by atoms with E-state index in [0.717, 1.165) is 11.1 Å². The second-order valence-electron chi connectivity index (χ2n) is 8.15. The van der Waals surface area contributed by atoms with Crippen LogP contribution in [0.3, 0.4) is 0 Å². The fraction of sp³-hybridized carbons (Fsp3) is 0.450. The van der Waals surface area contributed by atoms with Gasteiger partial charge in [-0.1, -0.05) is 6.07 Å². The van der Waals surface area contributed by atoms with Crippen LogP contribution >= 0.6 is 0 Å². The molecule has 2 aromatic heterocycles. The highest BCUT2D eigenvalue weighted by Crippen LogP contribution is 2.27. The molecule has 3 rings (SSSR count). The van der Waals surface area contributed by atoms with Gasteiger partial charge in [-0.2, -0.15) is 5.10 Å².